The van der Waals surface area contributed by atoms with Gasteiger partial charge in [-0.05, 0) is 28.7 Å². The lowest BCUT2D eigenvalue weighted by Gasteiger charge is -2.09. The summed E-state index contributed by atoms with van der Waals surface area (Å²) in [6, 6.07) is 10.6. The maximum atomic E-state index is 12.0. The highest BCUT2D eigenvalue weighted by Crippen LogP contribution is 2.18. The number of carbonyl (C=O) groups excluding carboxylic acids is 1. The van der Waals surface area contributed by atoms with Gasteiger partial charge in [-0.2, -0.15) is 9.72 Å². The number of benzene rings is 1. The number of pyridine rings is 1. The molecule has 3 aromatic heterocycles. The lowest BCUT2D eigenvalue weighted by Crippen LogP contribution is -2.28. The Hall–Kier alpha value is -3.99. The minimum absolute atomic E-state index is 0.190. The maximum absolute atomic E-state index is 12.0. The van der Waals surface area contributed by atoms with Crippen LogP contribution in [-0.4, -0.2) is 48.8 Å². The van der Waals surface area contributed by atoms with Crippen molar-refractivity contribution in [2.45, 2.75) is 6.54 Å². The first-order chi connectivity index (χ1) is 14.6. The summed E-state index contributed by atoms with van der Waals surface area (Å²) in [5, 5.41) is 11.1. The molecule has 0 atom stereocenters. The van der Waals surface area contributed by atoms with Crippen LogP contribution >= 0.6 is 0 Å². The van der Waals surface area contributed by atoms with E-state index in [4.69, 9.17) is 14.9 Å². The number of aryl methyl sites for hydroxylation is 1. The third kappa shape index (κ3) is 4.20. The molecule has 3 N–H and O–H groups in total. The van der Waals surface area contributed by atoms with Crippen LogP contribution in [0.15, 0.2) is 57.9 Å². The molecular weight excluding hydrogens is 388 g/mol. The van der Waals surface area contributed by atoms with Crippen molar-refractivity contribution in [1.29, 1.82) is 0 Å². The Balaban J connectivity index is 1.64. The SMILES string of the molecule is Cn1oc2nc(-c3ccc(C(=O)NCCN)cc3)nnc2n(Cc2cccnc2)o1. The van der Waals surface area contributed by atoms with Gasteiger partial charge >= 0.3 is 0 Å². The summed E-state index contributed by atoms with van der Waals surface area (Å²) in [6.45, 7) is 1.19. The number of amides is 1. The number of aromatic nitrogens is 6. The van der Waals surface area contributed by atoms with Crippen molar-refractivity contribution < 1.29 is 13.9 Å². The van der Waals surface area contributed by atoms with Crippen LogP contribution in [-0.2, 0) is 13.6 Å². The average Bonchev–Trinajstić information content (AvgIpc) is 2.77. The minimum Gasteiger partial charge on any atom is -0.351 e. The Morgan fingerprint density at radius 3 is 2.77 bits per heavy atom. The van der Waals surface area contributed by atoms with Gasteiger partial charge in [0.05, 0.1) is 13.6 Å². The number of fused-ring (bicyclic) bond motifs is 1. The molecule has 3 heterocycles. The summed E-state index contributed by atoms with van der Waals surface area (Å²) >= 11 is 0. The van der Waals surface area contributed by atoms with Crippen molar-refractivity contribution >= 4 is 17.3 Å². The zero-order valence-corrected chi connectivity index (χ0v) is 16.2. The maximum Gasteiger partial charge on any atom is 0.299 e. The van der Waals surface area contributed by atoms with Gasteiger partial charge in [-0.1, -0.05) is 18.2 Å². The normalized spacial score (nSPS) is 10.9. The standard InChI is InChI=1S/C19H20N8O3/c1-26-29-19-17(27(30-26)12-13-3-2-9-21-11-13)25-24-16(23-19)14-4-6-15(7-5-14)18(28)22-10-8-20/h2-7,9,11H,8,10,12,20H2,1H3,(H,22,28). The van der Waals surface area contributed by atoms with Gasteiger partial charge in [-0.15, -0.1) is 10.2 Å². The summed E-state index contributed by atoms with van der Waals surface area (Å²) in [6.07, 6.45) is 3.43. The van der Waals surface area contributed by atoms with E-state index in [-0.39, 0.29) is 11.6 Å². The highest BCUT2D eigenvalue weighted by atomic mass is 16.8. The molecule has 11 heteroatoms. The molecule has 0 aliphatic heterocycles. The fourth-order valence-electron chi connectivity index (χ4n) is 2.78. The van der Waals surface area contributed by atoms with Gasteiger partial charge in [0.15, 0.2) is 5.82 Å². The number of rotatable bonds is 6. The molecule has 4 rings (SSSR count). The predicted octanol–water partition coefficient (Wildman–Crippen LogP) is 1.27. The first-order valence-corrected chi connectivity index (χ1v) is 9.23. The van der Waals surface area contributed by atoms with Crippen molar-refractivity contribution in [3.8, 4) is 11.4 Å². The molecule has 154 valence electrons. The largest absolute Gasteiger partial charge is 0.351 e. The number of hydrogen-bond donors (Lipinski definition) is 2. The number of nitrogens with two attached hydrogens (primary N) is 1. The zero-order valence-electron chi connectivity index (χ0n) is 16.2. The van der Waals surface area contributed by atoms with Gasteiger partial charge < -0.3 is 15.6 Å². The van der Waals surface area contributed by atoms with Crippen LogP contribution in [0.5, 0.6) is 0 Å². The molecule has 0 unspecified atom stereocenters. The summed E-state index contributed by atoms with van der Waals surface area (Å²) in [7, 11) is 1.61. The molecule has 0 bridgehead atoms. The van der Waals surface area contributed by atoms with Crippen molar-refractivity contribution in [2.24, 2.45) is 12.8 Å². The van der Waals surface area contributed by atoms with Crippen molar-refractivity contribution in [1.82, 2.24) is 35.1 Å². The second-order valence-corrected chi connectivity index (χ2v) is 6.40. The average molecular weight is 408 g/mol. The van der Waals surface area contributed by atoms with E-state index in [0.717, 1.165) is 5.56 Å². The Kier molecular flexibility index (Phi) is 5.52. The lowest BCUT2D eigenvalue weighted by atomic mass is 10.1. The van der Waals surface area contributed by atoms with Crippen LogP contribution in [0.2, 0.25) is 0 Å². The second kappa shape index (κ2) is 8.57. The van der Waals surface area contributed by atoms with Gasteiger partial charge in [0, 0.05) is 36.6 Å². The molecule has 0 saturated carbocycles. The lowest BCUT2D eigenvalue weighted by molar-refractivity contribution is -0.00146. The molecule has 4 aromatic rings. The van der Waals surface area contributed by atoms with Crippen molar-refractivity contribution in [3.05, 3.63) is 59.9 Å². The fraction of sp³-hybridized carbons (Fsp3) is 0.211. The van der Waals surface area contributed by atoms with Crippen LogP contribution in [0.25, 0.3) is 22.7 Å². The zero-order chi connectivity index (χ0) is 20.9. The van der Waals surface area contributed by atoms with Crippen LogP contribution < -0.4 is 11.1 Å². The molecule has 30 heavy (non-hydrogen) atoms. The van der Waals surface area contributed by atoms with Crippen LogP contribution in [0.4, 0.5) is 0 Å². The summed E-state index contributed by atoms with van der Waals surface area (Å²) in [5.41, 5.74) is 8.14. The highest BCUT2D eigenvalue weighted by Gasteiger charge is 2.13. The molecule has 0 fully saturated rings. The van der Waals surface area contributed by atoms with Crippen LogP contribution in [0.3, 0.4) is 0 Å². The molecule has 0 saturated heterocycles. The van der Waals surface area contributed by atoms with Crippen molar-refractivity contribution in [3.63, 3.8) is 0 Å². The molecule has 0 radical (unpaired) electrons. The third-order valence-corrected chi connectivity index (χ3v) is 4.19. The van der Waals surface area contributed by atoms with E-state index in [0.29, 0.717) is 42.2 Å². The topological polar surface area (TPSA) is 143 Å². The van der Waals surface area contributed by atoms with E-state index in [1.54, 1.807) is 43.7 Å². The van der Waals surface area contributed by atoms with E-state index >= 15 is 0 Å². The number of carbonyl (C=O) groups is 1. The van der Waals surface area contributed by atoms with Gasteiger partial charge in [0.25, 0.3) is 17.3 Å². The van der Waals surface area contributed by atoms with E-state index in [1.807, 2.05) is 12.1 Å². The summed E-state index contributed by atoms with van der Waals surface area (Å²) in [4.78, 5) is 21.7. The smallest absolute Gasteiger partial charge is 0.299 e. The Morgan fingerprint density at radius 2 is 2.03 bits per heavy atom. The Bertz CT molecular complexity index is 1190. The van der Waals surface area contributed by atoms with Crippen molar-refractivity contribution in [2.75, 3.05) is 13.1 Å². The predicted molar refractivity (Wildman–Crippen MR) is 107 cm³/mol. The van der Waals surface area contributed by atoms with Gasteiger partial charge in [0.1, 0.15) is 0 Å². The third-order valence-electron chi connectivity index (χ3n) is 4.19. The fourth-order valence-corrected chi connectivity index (χ4v) is 2.78. The van der Waals surface area contributed by atoms with Gasteiger partial charge in [-0.25, -0.2) is 0 Å². The minimum atomic E-state index is -0.190. The Morgan fingerprint density at radius 1 is 1.20 bits per heavy atom. The van der Waals surface area contributed by atoms with E-state index in [2.05, 4.69) is 25.5 Å². The molecule has 11 nitrogen and oxygen atoms in total. The molecule has 1 aromatic carbocycles. The molecule has 0 aliphatic rings. The number of nitrogens with one attached hydrogen (secondary N) is 1. The van der Waals surface area contributed by atoms with E-state index < -0.39 is 0 Å². The molecule has 0 spiro atoms. The first kappa shape index (κ1) is 19.3. The molecular formula is C19H20N8O3. The first-order valence-electron chi connectivity index (χ1n) is 9.23. The van der Waals surface area contributed by atoms with Crippen LogP contribution in [0, 0.1) is 0 Å². The highest BCUT2D eigenvalue weighted by molar-refractivity contribution is 5.94. The monoisotopic (exact) mass is 408 g/mol. The quantitative estimate of drug-likeness (QED) is 0.486. The summed E-state index contributed by atoms with van der Waals surface area (Å²) < 4.78 is 12.6. The van der Waals surface area contributed by atoms with E-state index in [9.17, 15) is 4.79 Å². The second-order valence-electron chi connectivity index (χ2n) is 6.40. The number of hydrogen-bond acceptors (Lipinski definition) is 8. The van der Waals surface area contributed by atoms with Crippen LogP contribution in [0.1, 0.15) is 15.9 Å². The van der Waals surface area contributed by atoms with Gasteiger partial charge in [0.2, 0.25) is 0 Å². The summed E-state index contributed by atoms with van der Waals surface area (Å²) in [5.74, 6) is 0.170. The van der Waals surface area contributed by atoms with E-state index in [1.165, 1.54) is 9.65 Å². The molecule has 0 aliphatic carbocycles. The van der Waals surface area contributed by atoms with Gasteiger partial charge in [-0.3, -0.25) is 14.4 Å². The molecule has 1 amide bonds. The number of nitrogens with zero attached hydrogens (tertiary/aromatic N) is 6. The Labute approximate surface area is 170 Å².